The minimum atomic E-state index is -0.616. The Labute approximate surface area is 137 Å². The first-order chi connectivity index (χ1) is 11.5. The van der Waals surface area contributed by atoms with Crippen molar-refractivity contribution in [2.45, 2.75) is 13.0 Å². The number of carbonyl (C=O) groups is 1. The van der Waals surface area contributed by atoms with Gasteiger partial charge in [-0.1, -0.05) is 12.1 Å². The van der Waals surface area contributed by atoms with Crippen LogP contribution >= 0.6 is 0 Å². The van der Waals surface area contributed by atoms with Crippen LogP contribution in [0.1, 0.15) is 28.9 Å². The van der Waals surface area contributed by atoms with E-state index in [0.717, 1.165) is 0 Å². The van der Waals surface area contributed by atoms with Crippen molar-refractivity contribution in [3.63, 3.8) is 0 Å². The molecule has 0 aliphatic heterocycles. The summed E-state index contributed by atoms with van der Waals surface area (Å²) >= 11 is 0. The summed E-state index contributed by atoms with van der Waals surface area (Å²) in [6.07, 6.45) is 2.50. The number of carbonyl (C=O) groups excluding carboxylic acids is 1. The average Bonchev–Trinajstić information content (AvgIpc) is 2.61. The highest BCUT2D eigenvalue weighted by atomic mass is 16.6. The lowest BCUT2D eigenvalue weighted by Crippen LogP contribution is -2.09. The molecular formula is C17H13N3O4. The number of fused-ring (bicyclic) bond motifs is 1. The maximum absolute atomic E-state index is 12.3. The predicted molar refractivity (Wildman–Crippen MR) is 86.5 cm³/mol. The standard InChI is InChI=1S/C17H13N3O4/c1-11(12-3-2-4-14(9-12)20(22)23)24-17(21)13-5-6-15-16(10-13)19-8-7-18-15/h2-11H,1H3. The van der Waals surface area contributed by atoms with E-state index in [1.165, 1.54) is 12.1 Å². The summed E-state index contributed by atoms with van der Waals surface area (Å²) in [7, 11) is 0. The Morgan fingerprint density at radius 1 is 1.12 bits per heavy atom. The molecule has 0 saturated carbocycles. The molecule has 1 aromatic heterocycles. The van der Waals surface area contributed by atoms with Crippen molar-refractivity contribution in [1.29, 1.82) is 0 Å². The summed E-state index contributed by atoms with van der Waals surface area (Å²) in [5.74, 6) is -0.526. The number of non-ortho nitro benzene ring substituents is 1. The van der Waals surface area contributed by atoms with Crippen LogP contribution in [0.15, 0.2) is 54.9 Å². The third kappa shape index (κ3) is 3.19. The number of nitro groups is 1. The van der Waals surface area contributed by atoms with E-state index >= 15 is 0 Å². The lowest BCUT2D eigenvalue weighted by Gasteiger charge is -2.13. The van der Waals surface area contributed by atoms with Crippen LogP contribution in [0.25, 0.3) is 11.0 Å². The summed E-state index contributed by atoms with van der Waals surface area (Å²) < 4.78 is 5.40. The van der Waals surface area contributed by atoms with E-state index in [4.69, 9.17) is 4.74 Å². The van der Waals surface area contributed by atoms with E-state index in [0.29, 0.717) is 22.2 Å². The maximum Gasteiger partial charge on any atom is 0.338 e. The van der Waals surface area contributed by atoms with Crippen molar-refractivity contribution in [3.8, 4) is 0 Å². The van der Waals surface area contributed by atoms with E-state index in [1.54, 1.807) is 49.6 Å². The number of benzene rings is 2. The Morgan fingerprint density at radius 2 is 1.88 bits per heavy atom. The van der Waals surface area contributed by atoms with E-state index in [2.05, 4.69) is 9.97 Å². The minimum absolute atomic E-state index is 0.0450. The van der Waals surface area contributed by atoms with Gasteiger partial charge in [0.2, 0.25) is 0 Å². The van der Waals surface area contributed by atoms with Crippen LogP contribution < -0.4 is 0 Å². The number of aromatic nitrogens is 2. The highest BCUT2D eigenvalue weighted by Gasteiger charge is 2.16. The molecule has 120 valence electrons. The zero-order valence-corrected chi connectivity index (χ0v) is 12.7. The number of ether oxygens (including phenoxy) is 1. The molecule has 1 atom stereocenters. The van der Waals surface area contributed by atoms with E-state index in [1.807, 2.05) is 0 Å². The first-order valence-electron chi connectivity index (χ1n) is 7.21. The van der Waals surface area contributed by atoms with Gasteiger partial charge in [0.1, 0.15) is 6.10 Å². The summed E-state index contributed by atoms with van der Waals surface area (Å²) in [4.78, 5) is 30.9. The number of hydrogen-bond donors (Lipinski definition) is 0. The van der Waals surface area contributed by atoms with Crippen LogP contribution in [0, 0.1) is 10.1 Å². The van der Waals surface area contributed by atoms with Gasteiger partial charge in [0, 0.05) is 24.5 Å². The monoisotopic (exact) mass is 323 g/mol. The van der Waals surface area contributed by atoms with Gasteiger partial charge in [-0.05, 0) is 30.7 Å². The quantitative estimate of drug-likeness (QED) is 0.414. The van der Waals surface area contributed by atoms with Crippen molar-refractivity contribution < 1.29 is 14.5 Å². The molecule has 7 heteroatoms. The highest BCUT2D eigenvalue weighted by Crippen LogP contribution is 2.23. The van der Waals surface area contributed by atoms with Crippen molar-refractivity contribution >= 4 is 22.7 Å². The first-order valence-corrected chi connectivity index (χ1v) is 7.21. The van der Waals surface area contributed by atoms with Crippen LogP contribution in [-0.2, 0) is 4.74 Å². The lowest BCUT2D eigenvalue weighted by molar-refractivity contribution is -0.385. The molecule has 24 heavy (non-hydrogen) atoms. The Morgan fingerprint density at radius 3 is 2.62 bits per heavy atom. The molecule has 1 unspecified atom stereocenters. The highest BCUT2D eigenvalue weighted by molar-refractivity contribution is 5.93. The lowest BCUT2D eigenvalue weighted by atomic mass is 10.1. The smallest absolute Gasteiger partial charge is 0.338 e. The summed E-state index contributed by atoms with van der Waals surface area (Å²) in [5.41, 5.74) is 2.13. The number of nitro benzene ring substituents is 1. The average molecular weight is 323 g/mol. The molecule has 0 spiro atoms. The van der Waals surface area contributed by atoms with Gasteiger partial charge in [-0.15, -0.1) is 0 Å². The Hall–Kier alpha value is -3.35. The molecule has 2 aromatic carbocycles. The zero-order chi connectivity index (χ0) is 17.1. The number of nitrogens with zero attached hydrogens (tertiary/aromatic N) is 3. The third-order valence-electron chi connectivity index (χ3n) is 3.54. The van der Waals surface area contributed by atoms with Gasteiger partial charge in [0.15, 0.2) is 0 Å². The first kappa shape index (κ1) is 15.5. The van der Waals surface area contributed by atoms with Crippen LogP contribution in [0.4, 0.5) is 5.69 Å². The summed E-state index contributed by atoms with van der Waals surface area (Å²) in [6, 6.07) is 10.9. The second-order valence-electron chi connectivity index (χ2n) is 5.16. The van der Waals surface area contributed by atoms with Crippen LogP contribution in [0.3, 0.4) is 0 Å². The Bertz CT molecular complexity index is 926. The van der Waals surface area contributed by atoms with Crippen molar-refractivity contribution in [2.75, 3.05) is 0 Å². The van der Waals surface area contributed by atoms with Crippen molar-refractivity contribution in [2.24, 2.45) is 0 Å². The summed E-state index contributed by atoms with van der Waals surface area (Å²) in [6.45, 7) is 1.66. The van der Waals surface area contributed by atoms with Gasteiger partial charge in [0.25, 0.3) is 5.69 Å². The molecule has 0 saturated heterocycles. The van der Waals surface area contributed by atoms with Crippen LogP contribution in [0.5, 0.6) is 0 Å². The van der Waals surface area contributed by atoms with Crippen LogP contribution in [0.2, 0.25) is 0 Å². The molecule has 1 heterocycles. The molecular weight excluding hydrogens is 310 g/mol. The molecule has 0 fully saturated rings. The topological polar surface area (TPSA) is 95.2 Å². The predicted octanol–water partition coefficient (Wildman–Crippen LogP) is 3.46. The second kappa shape index (κ2) is 6.41. The molecule has 3 rings (SSSR count). The van der Waals surface area contributed by atoms with Crippen LogP contribution in [-0.4, -0.2) is 20.9 Å². The van der Waals surface area contributed by atoms with Gasteiger partial charge < -0.3 is 4.74 Å². The fraction of sp³-hybridized carbons (Fsp3) is 0.118. The molecule has 0 radical (unpaired) electrons. The third-order valence-corrected chi connectivity index (χ3v) is 3.54. The molecule has 0 N–H and O–H groups in total. The van der Waals surface area contributed by atoms with Gasteiger partial charge in [-0.2, -0.15) is 0 Å². The SMILES string of the molecule is CC(OC(=O)c1ccc2nccnc2c1)c1cccc([N+](=O)[O-])c1. The number of hydrogen-bond acceptors (Lipinski definition) is 6. The fourth-order valence-corrected chi connectivity index (χ4v) is 2.28. The van der Waals surface area contributed by atoms with Crippen molar-refractivity contribution in [1.82, 2.24) is 9.97 Å². The molecule has 0 aliphatic rings. The minimum Gasteiger partial charge on any atom is -0.454 e. The second-order valence-corrected chi connectivity index (χ2v) is 5.16. The van der Waals surface area contributed by atoms with Gasteiger partial charge >= 0.3 is 5.97 Å². The largest absolute Gasteiger partial charge is 0.454 e. The number of rotatable bonds is 4. The molecule has 0 bridgehead atoms. The Balaban J connectivity index is 1.80. The van der Waals surface area contributed by atoms with Crippen molar-refractivity contribution in [3.05, 3.63) is 76.1 Å². The fourth-order valence-electron chi connectivity index (χ4n) is 2.28. The molecule has 0 aliphatic carbocycles. The van der Waals surface area contributed by atoms with E-state index < -0.39 is 17.0 Å². The van der Waals surface area contributed by atoms with Gasteiger partial charge in [-0.25, -0.2) is 4.79 Å². The van der Waals surface area contributed by atoms with Gasteiger partial charge in [0.05, 0.1) is 21.5 Å². The van der Waals surface area contributed by atoms with E-state index in [9.17, 15) is 14.9 Å². The summed E-state index contributed by atoms with van der Waals surface area (Å²) in [5, 5.41) is 10.8. The number of esters is 1. The normalized spacial score (nSPS) is 11.9. The van der Waals surface area contributed by atoms with Gasteiger partial charge in [-0.3, -0.25) is 20.1 Å². The molecule has 0 amide bonds. The Kier molecular flexibility index (Phi) is 4.15. The molecule has 3 aromatic rings. The maximum atomic E-state index is 12.3. The molecule has 7 nitrogen and oxygen atoms in total. The van der Waals surface area contributed by atoms with E-state index in [-0.39, 0.29) is 5.69 Å². The zero-order valence-electron chi connectivity index (χ0n) is 12.7.